The van der Waals surface area contributed by atoms with Gasteiger partial charge in [0.25, 0.3) is 5.69 Å². The summed E-state index contributed by atoms with van der Waals surface area (Å²) in [6, 6.07) is 4.45. The van der Waals surface area contributed by atoms with E-state index >= 15 is 0 Å². The molecule has 0 radical (unpaired) electrons. The van der Waals surface area contributed by atoms with Gasteiger partial charge in [-0.1, -0.05) is 13.0 Å². The first kappa shape index (κ1) is 14.3. The minimum Gasteiger partial charge on any atom is -0.325 e. The van der Waals surface area contributed by atoms with E-state index in [0.29, 0.717) is 19.0 Å². The van der Waals surface area contributed by atoms with Crippen molar-refractivity contribution >= 4 is 17.4 Å². The summed E-state index contributed by atoms with van der Waals surface area (Å²) in [5, 5.41) is 13.6. The van der Waals surface area contributed by atoms with Crippen molar-refractivity contribution < 1.29 is 9.72 Å². The van der Waals surface area contributed by atoms with Crippen LogP contribution in [0.25, 0.3) is 0 Å². The maximum Gasteiger partial charge on any atom is 0.322 e. The molecule has 1 fully saturated rings. The Morgan fingerprint density at radius 1 is 1.40 bits per heavy atom. The molecule has 1 saturated heterocycles. The third-order valence-electron chi connectivity index (χ3n) is 3.66. The number of hydrogen-bond acceptors (Lipinski definition) is 3. The van der Waals surface area contributed by atoms with Gasteiger partial charge in [0.1, 0.15) is 5.69 Å². The smallest absolute Gasteiger partial charge is 0.322 e. The number of piperidine rings is 1. The van der Waals surface area contributed by atoms with Crippen molar-refractivity contribution in [2.24, 2.45) is 5.92 Å². The summed E-state index contributed by atoms with van der Waals surface area (Å²) in [5.74, 6) is 0.632. The molecule has 1 N–H and O–H groups in total. The Morgan fingerprint density at radius 2 is 2.05 bits per heavy atom. The van der Waals surface area contributed by atoms with Gasteiger partial charge in [0.2, 0.25) is 0 Å². The van der Waals surface area contributed by atoms with Crippen LogP contribution in [0.1, 0.15) is 25.3 Å². The molecule has 0 atom stereocenters. The lowest BCUT2D eigenvalue weighted by molar-refractivity contribution is -0.383. The van der Waals surface area contributed by atoms with Gasteiger partial charge in [-0.15, -0.1) is 0 Å². The zero-order chi connectivity index (χ0) is 14.7. The number of likely N-dealkylation sites (tertiary alicyclic amines) is 1. The molecule has 0 saturated carbocycles. The second-order valence-electron chi connectivity index (χ2n) is 5.38. The van der Waals surface area contributed by atoms with Crippen molar-refractivity contribution in [3.05, 3.63) is 33.9 Å². The van der Waals surface area contributed by atoms with Crippen LogP contribution < -0.4 is 5.32 Å². The number of hydrogen-bond donors (Lipinski definition) is 1. The number of nitro groups is 1. The molecule has 1 aliphatic rings. The fourth-order valence-corrected chi connectivity index (χ4v) is 2.32. The molecule has 20 heavy (non-hydrogen) atoms. The number of aryl methyl sites for hydroxylation is 1. The van der Waals surface area contributed by atoms with Crippen molar-refractivity contribution in [2.75, 3.05) is 18.4 Å². The van der Waals surface area contributed by atoms with Crippen molar-refractivity contribution in [3.63, 3.8) is 0 Å². The van der Waals surface area contributed by atoms with E-state index < -0.39 is 4.92 Å². The number of carbonyl (C=O) groups is 1. The van der Waals surface area contributed by atoms with Gasteiger partial charge in [-0.05, 0) is 37.3 Å². The molecule has 1 heterocycles. The van der Waals surface area contributed by atoms with E-state index in [4.69, 9.17) is 0 Å². The fourth-order valence-electron chi connectivity index (χ4n) is 2.32. The summed E-state index contributed by atoms with van der Waals surface area (Å²) in [6.07, 6.45) is 1.95. The van der Waals surface area contributed by atoms with E-state index in [9.17, 15) is 14.9 Å². The Morgan fingerprint density at radius 3 is 2.65 bits per heavy atom. The van der Waals surface area contributed by atoms with Crippen LogP contribution in [0.2, 0.25) is 0 Å². The average molecular weight is 277 g/mol. The molecule has 2 rings (SSSR count). The Balaban J connectivity index is 2.11. The van der Waals surface area contributed by atoms with Gasteiger partial charge in [0.15, 0.2) is 0 Å². The average Bonchev–Trinajstić information content (AvgIpc) is 2.39. The summed E-state index contributed by atoms with van der Waals surface area (Å²) in [6.45, 7) is 5.40. The Hall–Kier alpha value is -2.11. The van der Waals surface area contributed by atoms with Crippen molar-refractivity contribution in [1.82, 2.24) is 4.90 Å². The number of benzene rings is 1. The number of urea groups is 1. The summed E-state index contributed by atoms with van der Waals surface area (Å²) in [7, 11) is 0. The first-order valence-electron chi connectivity index (χ1n) is 6.78. The van der Waals surface area contributed by atoms with Crippen molar-refractivity contribution in [2.45, 2.75) is 26.7 Å². The number of nitrogens with one attached hydrogen (secondary N) is 1. The first-order valence-corrected chi connectivity index (χ1v) is 6.78. The third-order valence-corrected chi connectivity index (χ3v) is 3.66. The highest BCUT2D eigenvalue weighted by Gasteiger charge is 2.22. The molecule has 0 aliphatic carbocycles. The third kappa shape index (κ3) is 3.26. The molecule has 108 valence electrons. The topological polar surface area (TPSA) is 75.5 Å². The van der Waals surface area contributed by atoms with Crippen LogP contribution in [-0.4, -0.2) is 28.9 Å². The van der Waals surface area contributed by atoms with Crippen LogP contribution in [0.15, 0.2) is 18.2 Å². The molecule has 2 amide bonds. The van der Waals surface area contributed by atoms with Crippen LogP contribution in [0.5, 0.6) is 0 Å². The molecule has 0 bridgehead atoms. The van der Waals surface area contributed by atoms with Gasteiger partial charge in [-0.3, -0.25) is 10.1 Å². The number of nitro benzene ring substituents is 1. The van der Waals surface area contributed by atoms with Crippen molar-refractivity contribution in [1.29, 1.82) is 0 Å². The fraction of sp³-hybridized carbons (Fsp3) is 0.500. The van der Waals surface area contributed by atoms with Gasteiger partial charge in [-0.25, -0.2) is 4.79 Å². The Labute approximate surface area is 117 Å². The molecular weight excluding hydrogens is 258 g/mol. The molecule has 1 aromatic rings. The van der Waals surface area contributed by atoms with Gasteiger partial charge >= 0.3 is 6.03 Å². The molecule has 0 unspecified atom stereocenters. The summed E-state index contributed by atoms with van der Waals surface area (Å²) >= 11 is 0. The van der Waals surface area contributed by atoms with E-state index in [2.05, 4.69) is 12.2 Å². The Bertz CT molecular complexity index is 522. The number of carbonyl (C=O) groups excluding carboxylic acids is 1. The van der Waals surface area contributed by atoms with Gasteiger partial charge in [0.05, 0.1) is 4.92 Å². The normalized spacial score (nSPS) is 16.0. The van der Waals surface area contributed by atoms with Crippen LogP contribution in [0.3, 0.4) is 0 Å². The van der Waals surface area contributed by atoms with E-state index in [1.54, 1.807) is 17.0 Å². The number of amides is 2. The predicted molar refractivity (Wildman–Crippen MR) is 76.8 cm³/mol. The van der Waals surface area contributed by atoms with Gasteiger partial charge < -0.3 is 10.2 Å². The van der Waals surface area contributed by atoms with E-state index in [-0.39, 0.29) is 17.4 Å². The van der Waals surface area contributed by atoms with E-state index in [0.717, 1.165) is 18.4 Å². The minimum absolute atomic E-state index is 0.0747. The van der Waals surface area contributed by atoms with E-state index in [1.165, 1.54) is 6.07 Å². The van der Waals surface area contributed by atoms with Gasteiger partial charge in [-0.2, -0.15) is 0 Å². The highest BCUT2D eigenvalue weighted by molar-refractivity contribution is 5.92. The molecule has 6 nitrogen and oxygen atoms in total. The lowest BCUT2D eigenvalue weighted by Gasteiger charge is -2.30. The standard InChI is InChI=1S/C14H19N3O3/c1-10-5-7-16(8-6-10)14(18)15-12-9-11(2)3-4-13(12)17(19)20/h3-4,9-10H,5-8H2,1-2H3,(H,15,18). The lowest BCUT2D eigenvalue weighted by atomic mass is 10.00. The summed E-state index contributed by atoms with van der Waals surface area (Å²) in [5.41, 5.74) is 1.06. The molecule has 0 aromatic heterocycles. The Kier molecular flexibility index (Phi) is 4.22. The maximum absolute atomic E-state index is 12.2. The molecular formula is C14H19N3O3. The zero-order valence-corrected chi connectivity index (χ0v) is 11.8. The molecule has 0 spiro atoms. The van der Waals surface area contributed by atoms with Crippen LogP contribution in [0, 0.1) is 23.0 Å². The van der Waals surface area contributed by atoms with Crippen molar-refractivity contribution in [3.8, 4) is 0 Å². The lowest BCUT2D eigenvalue weighted by Crippen LogP contribution is -2.40. The second kappa shape index (κ2) is 5.90. The molecule has 1 aliphatic heterocycles. The zero-order valence-electron chi connectivity index (χ0n) is 11.8. The highest BCUT2D eigenvalue weighted by atomic mass is 16.6. The van der Waals surface area contributed by atoms with Crippen LogP contribution in [-0.2, 0) is 0 Å². The maximum atomic E-state index is 12.2. The number of rotatable bonds is 2. The van der Waals surface area contributed by atoms with Crippen LogP contribution in [0.4, 0.5) is 16.2 Å². The summed E-state index contributed by atoms with van der Waals surface area (Å²) < 4.78 is 0. The monoisotopic (exact) mass is 277 g/mol. The minimum atomic E-state index is -0.479. The molecule has 1 aromatic carbocycles. The first-order chi connectivity index (χ1) is 9.47. The van der Waals surface area contributed by atoms with Gasteiger partial charge in [0, 0.05) is 19.2 Å². The quantitative estimate of drug-likeness (QED) is 0.666. The van der Waals surface area contributed by atoms with Crippen LogP contribution >= 0.6 is 0 Å². The number of nitrogens with zero attached hydrogens (tertiary/aromatic N) is 2. The second-order valence-corrected chi connectivity index (χ2v) is 5.38. The SMILES string of the molecule is Cc1ccc([N+](=O)[O-])c(NC(=O)N2CCC(C)CC2)c1. The highest BCUT2D eigenvalue weighted by Crippen LogP contribution is 2.26. The van der Waals surface area contributed by atoms with E-state index in [1.807, 2.05) is 6.92 Å². The summed E-state index contributed by atoms with van der Waals surface area (Å²) in [4.78, 5) is 24.4. The predicted octanol–water partition coefficient (Wildman–Crippen LogP) is 3.17. The largest absolute Gasteiger partial charge is 0.325 e. The molecule has 6 heteroatoms. The number of anilines is 1.